The number of nitrogens with zero attached hydrogens (tertiary/aromatic N) is 3. The van der Waals surface area contributed by atoms with Gasteiger partial charge in [-0.2, -0.15) is 5.10 Å². The number of rotatable bonds is 7. The van der Waals surface area contributed by atoms with E-state index in [4.69, 9.17) is 4.74 Å². The second kappa shape index (κ2) is 9.06. The Hall–Kier alpha value is -4.60. The predicted octanol–water partition coefficient (Wildman–Crippen LogP) is 4.06. The highest BCUT2D eigenvalue weighted by molar-refractivity contribution is 5.94. The van der Waals surface area contributed by atoms with Gasteiger partial charge in [-0.1, -0.05) is 30.3 Å². The molecule has 10 heteroatoms. The zero-order valence-corrected chi connectivity index (χ0v) is 15.3. The Morgan fingerprint density at radius 3 is 2.40 bits per heavy atom. The minimum absolute atomic E-state index is 0.142. The minimum atomic E-state index is -0.757. The molecule has 0 aromatic heterocycles. The van der Waals surface area contributed by atoms with Gasteiger partial charge in [0.15, 0.2) is 0 Å². The highest BCUT2D eigenvalue weighted by Gasteiger charge is 2.21. The molecular formula is C20H14N4O6. The molecule has 3 aromatic carbocycles. The quantitative estimate of drug-likeness (QED) is 0.357. The minimum Gasteiger partial charge on any atom is -0.450 e. The third-order valence-electron chi connectivity index (χ3n) is 3.85. The summed E-state index contributed by atoms with van der Waals surface area (Å²) in [6.45, 7) is 0. The van der Waals surface area contributed by atoms with Gasteiger partial charge in [0.1, 0.15) is 5.75 Å². The normalized spacial score (nSPS) is 10.5. The van der Waals surface area contributed by atoms with Gasteiger partial charge in [-0.15, -0.1) is 0 Å². The average Bonchev–Trinajstić information content (AvgIpc) is 2.74. The van der Waals surface area contributed by atoms with Gasteiger partial charge in [-0.05, 0) is 35.9 Å². The molecule has 1 N–H and O–H groups in total. The average molecular weight is 406 g/mol. The molecule has 0 atom stereocenters. The molecule has 3 rings (SSSR count). The summed E-state index contributed by atoms with van der Waals surface area (Å²) in [6.07, 6.45) is 1.39. The van der Waals surface area contributed by atoms with Crippen LogP contribution in [0.2, 0.25) is 0 Å². The van der Waals surface area contributed by atoms with Crippen molar-refractivity contribution in [2.24, 2.45) is 5.10 Å². The number of carbonyl (C=O) groups is 1. The second-order valence-corrected chi connectivity index (χ2v) is 5.91. The van der Waals surface area contributed by atoms with Crippen LogP contribution in [-0.2, 0) is 0 Å². The van der Waals surface area contributed by atoms with Crippen molar-refractivity contribution in [3.05, 3.63) is 104 Å². The molecule has 0 saturated carbocycles. The first-order valence-electron chi connectivity index (χ1n) is 8.53. The molecule has 0 bridgehead atoms. The summed E-state index contributed by atoms with van der Waals surface area (Å²) in [5, 5.41) is 25.9. The fraction of sp³-hybridized carbons (Fsp3) is 0. The molecule has 150 valence electrons. The molecule has 10 nitrogen and oxygen atoms in total. The van der Waals surface area contributed by atoms with Crippen LogP contribution in [0.3, 0.4) is 0 Å². The Bertz CT molecular complexity index is 1130. The maximum atomic E-state index is 12.0. The summed E-state index contributed by atoms with van der Waals surface area (Å²) in [4.78, 5) is 32.5. The summed E-state index contributed by atoms with van der Waals surface area (Å²) < 4.78 is 5.53. The van der Waals surface area contributed by atoms with E-state index >= 15 is 0 Å². The summed E-state index contributed by atoms with van der Waals surface area (Å²) in [6, 6.07) is 18.1. The fourth-order valence-electron chi connectivity index (χ4n) is 2.45. The Kier molecular flexibility index (Phi) is 6.08. The first-order valence-corrected chi connectivity index (χ1v) is 8.53. The zero-order valence-electron chi connectivity index (χ0n) is 15.3. The molecule has 0 aliphatic rings. The monoisotopic (exact) mass is 406 g/mol. The van der Waals surface area contributed by atoms with Gasteiger partial charge in [0, 0.05) is 11.6 Å². The number of ether oxygens (including phenoxy) is 1. The molecule has 0 spiro atoms. The Morgan fingerprint density at radius 2 is 1.70 bits per heavy atom. The van der Waals surface area contributed by atoms with E-state index in [2.05, 4.69) is 10.5 Å². The van der Waals surface area contributed by atoms with Crippen molar-refractivity contribution in [1.82, 2.24) is 5.43 Å². The predicted molar refractivity (Wildman–Crippen MR) is 108 cm³/mol. The van der Waals surface area contributed by atoms with E-state index in [1.807, 2.05) is 0 Å². The number of hydrogen-bond acceptors (Lipinski definition) is 7. The number of benzene rings is 3. The van der Waals surface area contributed by atoms with Gasteiger partial charge in [0.2, 0.25) is 5.75 Å². The van der Waals surface area contributed by atoms with Gasteiger partial charge >= 0.3 is 5.69 Å². The van der Waals surface area contributed by atoms with Gasteiger partial charge in [0.05, 0.1) is 22.1 Å². The number of nitro benzene ring substituents is 2. The molecule has 0 aliphatic heterocycles. The molecule has 0 saturated heterocycles. The number of hydrazone groups is 1. The lowest BCUT2D eigenvalue weighted by atomic mass is 10.2. The van der Waals surface area contributed by atoms with Crippen LogP contribution in [0.4, 0.5) is 11.4 Å². The van der Waals surface area contributed by atoms with Crippen LogP contribution in [0.5, 0.6) is 11.5 Å². The fourth-order valence-corrected chi connectivity index (χ4v) is 2.45. The number of amides is 1. The topological polar surface area (TPSA) is 137 Å². The zero-order chi connectivity index (χ0) is 21.5. The molecule has 30 heavy (non-hydrogen) atoms. The number of non-ortho nitro benzene ring substituents is 1. The Balaban J connectivity index is 1.74. The largest absolute Gasteiger partial charge is 0.450 e. The number of carbonyl (C=O) groups excluding carboxylic acids is 1. The first kappa shape index (κ1) is 20.1. The molecule has 0 aliphatic carbocycles. The van der Waals surface area contributed by atoms with Crippen molar-refractivity contribution >= 4 is 23.5 Å². The molecule has 0 fully saturated rings. The molecule has 0 unspecified atom stereocenters. The van der Waals surface area contributed by atoms with Gasteiger partial charge in [0.25, 0.3) is 11.6 Å². The van der Waals surface area contributed by atoms with Crippen molar-refractivity contribution in [2.75, 3.05) is 0 Å². The number of nitro groups is 2. The molecule has 1 amide bonds. The van der Waals surface area contributed by atoms with E-state index in [1.165, 1.54) is 6.21 Å². The van der Waals surface area contributed by atoms with Gasteiger partial charge in [-0.3, -0.25) is 25.0 Å². The smallest absolute Gasteiger partial charge is 0.318 e. The van der Waals surface area contributed by atoms with Crippen LogP contribution in [0.1, 0.15) is 15.9 Å². The summed E-state index contributed by atoms with van der Waals surface area (Å²) in [5.74, 6) is -0.261. The lowest BCUT2D eigenvalue weighted by molar-refractivity contribution is -0.394. The van der Waals surface area contributed by atoms with E-state index in [1.54, 1.807) is 54.6 Å². The van der Waals surface area contributed by atoms with Crippen LogP contribution in [0.25, 0.3) is 0 Å². The number of hydrogen-bond donors (Lipinski definition) is 1. The van der Waals surface area contributed by atoms with Gasteiger partial charge in [-0.25, -0.2) is 5.43 Å². The third-order valence-corrected chi connectivity index (χ3v) is 3.85. The van der Waals surface area contributed by atoms with E-state index in [0.29, 0.717) is 11.1 Å². The van der Waals surface area contributed by atoms with Crippen molar-refractivity contribution in [3.8, 4) is 11.5 Å². The number of nitrogens with one attached hydrogen (secondary N) is 1. The van der Waals surface area contributed by atoms with Crippen LogP contribution < -0.4 is 10.2 Å². The Labute approximate surface area is 169 Å². The lowest BCUT2D eigenvalue weighted by Crippen LogP contribution is -2.17. The lowest BCUT2D eigenvalue weighted by Gasteiger charge is -2.07. The third kappa shape index (κ3) is 5.01. The highest BCUT2D eigenvalue weighted by Crippen LogP contribution is 2.34. The first-order chi connectivity index (χ1) is 14.4. The molecular weight excluding hydrogens is 392 g/mol. The van der Waals surface area contributed by atoms with Crippen molar-refractivity contribution < 1.29 is 19.4 Å². The van der Waals surface area contributed by atoms with Crippen LogP contribution in [0.15, 0.2) is 77.9 Å². The van der Waals surface area contributed by atoms with E-state index in [-0.39, 0.29) is 17.4 Å². The summed E-state index contributed by atoms with van der Waals surface area (Å²) in [7, 11) is 0. The maximum absolute atomic E-state index is 12.0. The maximum Gasteiger partial charge on any atom is 0.318 e. The second-order valence-electron chi connectivity index (χ2n) is 5.91. The summed E-state index contributed by atoms with van der Waals surface area (Å²) >= 11 is 0. The Morgan fingerprint density at radius 1 is 0.933 bits per heavy atom. The van der Waals surface area contributed by atoms with Crippen molar-refractivity contribution in [2.45, 2.75) is 0 Å². The van der Waals surface area contributed by atoms with Crippen molar-refractivity contribution in [3.63, 3.8) is 0 Å². The van der Waals surface area contributed by atoms with Crippen LogP contribution >= 0.6 is 0 Å². The van der Waals surface area contributed by atoms with E-state index < -0.39 is 21.2 Å². The standard InChI is InChI=1S/C20H14N4O6/c25-20(15-6-2-1-3-7-15)22-21-13-14-5-4-8-17(11-14)30-19-10-9-16(23(26)27)12-18(19)24(28)29/h1-13H,(H,22,25)/b21-13-. The van der Waals surface area contributed by atoms with Crippen LogP contribution in [-0.4, -0.2) is 22.0 Å². The molecule has 3 aromatic rings. The van der Waals surface area contributed by atoms with E-state index in [9.17, 15) is 25.0 Å². The van der Waals surface area contributed by atoms with Crippen LogP contribution in [0, 0.1) is 20.2 Å². The SMILES string of the molecule is O=C(N/N=C\c1cccc(Oc2ccc([N+](=O)[O-])cc2[N+](=O)[O-])c1)c1ccccc1. The molecule has 0 heterocycles. The van der Waals surface area contributed by atoms with Gasteiger partial charge < -0.3 is 4.74 Å². The highest BCUT2D eigenvalue weighted by atomic mass is 16.6. The summed E-state index contributed by atoms with van der Waals surface area (Å²) in [5.41, 5.74) is 2.47. The van der Waals surface area contributed by atoms with E-state index in [0.717, 1.165) is 18.2 Å². The molecule has 0 radical (unpaired) electrons. The van der Waals surface area contributed by atoms with Crippen molar-refractivity contribution in [1.29, 1.82) is 0 Å².